The Morgan fingerprint density at radius 2 is 2.00 bits per heavy atom. The quantitative estimate of drug-likeness (QED) is 0.281. The van der Waals surface area contributed by atoms with Gasteiger partial charge < -0.3 is 10.6 Å². The average Bonchev–Trinajstić information content (AvgIpc) is 2.59. The molecule has 2 rings (SSSR count). The van der Waals surface area contributed by atoms with Crippen molar-refractivity contribution in [2.75, 3.05) is 19.6 Å². The van der Waals surface area contributed by atoms with E-state index >= 15 is 0 Å². The summed E-state index contributed by atoms with van der Waals surface area (Å²) in [4.78, 5) is 7.28. The van der Waals surface area contributed by atoms with Gasteiger partial charge in [0.05, 0.1) is 0 Å². The maximum Gasteiger partial charge on any atom is 0.191 e. The van der Waals surface area contributed by atoms with Crippen molar-refractivity contribution in [3.8, 4) is 0 Å². The van der Waals surface area contributed by atoms with Crippen LogP contribution in [-0.4, -0.2) is 42.6 Å². The van der Waals surface area contributed by atoms with E-state index < -0.39 is 0 Å². The van der Waals surface area contributed by atoms with Gasteiger partial charge in [0.15, 0.2) is 5.96 Å². The fourth-order valence-electron chi connectivity index (χ4n) is 3.27. The van der Waals surface area contributed by atoms with Crippen molar-refractivity contribution in [2.24, 2.45) is 4.99 Å². The lowest BCUT2D eigenvalue weighted by Crippen LogP contribution is -2.51. The Bertz CT molecular complexity index is 492. The lowest BCUT2D eigenvalue weighted by atomic mass is 9.97. The summed E-state index contributed by atoms with van der Waals surface area (Å²) in [6.45, 7) is 10.7. The molecular weight excluding hydrogens is 423 g/mol. The van der Waals surface area contributed by atoms with Crippen molar-refractivity contribution in [2.45, 2.75) is 65.1 Å². The summed E-state index contributed by atoms with van der Waals surface area (Å²) >= 11 is 0. The first-order valence-electron chi connectivity index (χ1n) is 9.55. The minimum absolute atomic E-state index is 0. The normalized spacial score (nSPS) is 21.5. The Balaban J connectivity index is 0.00000312. The van der Waals surface area contributed by atoms with Gasteiger partial charge in [-0.1, -0.05) is 43.7 Å². The number of halogens is 1. The molecular formula is C20H35IN4. The maximum absolute atomic E-state index is 4.69. The highest BCUT2D eigenvalue weighted by atomic mass is 127. The lowest BCUT2D eigenvalue weighted by molar-refractivity contribution is 0.134. The van der Waals surface area contributed by atoms with E-state index in [0.29, 0.717) is 12.1 Å². The van der Waals surface area contributed by atoms with Crippen LogP contribution >= 0.6 is 24.0 Å². The third-order valence-corrected chi connectivity index (χ3v) is 4.71. The van der Waals surface area contributed by atoms with Crippen molar-refractivity contribution in [3.05, 3.63) is 35.9 Å². The zero-order chi connectivity index (χ0) is 17.2. The number of guanidine groups is 1. The number of nitrogens with zero attached hydrogens (tertiary/aromatic N) is 2. The molecule has 0 amide bonds. The van der Waals surface area contributed by atoms with Gasteiger partial charge in [-0.05, 0) is 38.7 Å². The Kier molecular flexibility index (Phi) is 11.1. The van der Waals surface area contributed by atoms with E-state index in [2.05, 4.69) is 71.6 Å². The van der Waals surface area contributed by atoms with Crippen LogP contribution in [0.3, 0.4) is 0 Å². The van der Waals surface area contributed by atoms with Crippen molar-refractivity contribution >= 4 is 29.9 Å². The summed E-state index contributed by atoms with van der Waals surface area (Å²) in [5.41, 5.74) is 1.41. The van der Waals surface area contributed by atoms with Crippen LogP contribution in [0.25, 0.3) is 0 Å². The Morgan fingerprint density at radius 1 is 1.24 bits per heavy atom. The van der Waals surface area contributed by atoms with Crippen LogP contribution in [0.15, 0.2) is 35.3 Å². The van der Waals surface area contributed by atoms with E-state index in [4.69, 9.17) is 0 Å². The molecule has 5 heteroatoms. The van der Waals surface area contributed by atoms with E-state index in [1.165, 1.54) is 24.8 Å². The van der Waals surface area contributed by atoms with Crippen LogP contribution in [0.1, 0.15) is 52.0 Å². The van der Waals surface area contributed by atoms with Gasteiger partial charge in [-0.15, -0.1) is 24.0 Å². The van der Waals surface area contributed by atoms with Crippen molar-refractivity contribution in [3.63, 3.8) is 0 Å². The van der Waals surface area contributed by atoms with Crippen LogP contribution in [0.4, 0.5) is 0 Å². The van der Waals surface area contributed by atoms with Crippen LogP contribution < -0.4 is 10.6 Å². The van der Waals surface area contributed by atoms with E-state index in [9.17, 15) is 0 Å². The highest BCUT2D eigenvalue weighted by Gasteiger charge is 2.25. The molecule has 1 saturated heterocycles. The molecule has 25 heavy (non-hydrogen) atoms. The number of likely N-dealkylation sites (tertiary alicyclic amines) is 1. The summed E-state index contributed by atoms with van der Waals surface area (Å²) in [5.74, 6) is 0.986. The predicted molar refractivity (Wildman–Crippen MR) is 119 cm³/mol. The zero-order valence-electron chi connectivity index (χ0n) is 16.0. The predicted octanol–water partition coefficient (Wildman–Crippen LogP) is 4.01. The largest absolute Gasteiger partial charge is 0.357 e. The number of nitrogens with one attached hydrogen (secondary N) is 2. The van der Waals surface area contributed by atoms with Gasteiger partial charge in [-0.25, -0.2) is 0 Å². The molecule has 0 radical (unpaired) electrons. The Labute approximate surface area is 170 Å². The Hall–Kier alpha value is -0.820. The molecule has 4 nitrogen and oxygen atoms in total. The third-order valence-electron chi connectivity index (χ3n) is 4.71. The van der Waals surface area contributed by atoms with Crippen molar-refractivity contribution < 1.29 is 0 Å². The number of benzene rings is 1. The smallest absolute Gasteiger partial charge is 0.191 e. The molecule has 2 atom stereocenters. The Morgan fingerprint density at radius 3 is 2.64 bits per heavy atom. The second kappa shape index (κ2) is 12.5. The van der Waals surface area contributed by atoms with E-state index in [1.807, 2.05) is 0 Å². The summed E-state index contributed by atoms with van der Waals surface area (Å²) in [7, 11) is 0. The molecule has 1 aromatic rings. The molecule has 1 aromatic carbocycles. The summed E-state index contributed by atoms with van der Waals surface area (Å²) in [6.07, 6.45) is 4.70. The first-order valence-corrected chi connectivity index (χ1v) is 9.55. The molecule has 1 aliphatic heterocycles. The SMILES string of the molecule is CCCCN=C(NCC)NC1CCN(Cc2ccccc2)C(C)C1.I. The number of aliphatic imine (C=N–C) groups is 1. The van der Waals surface area contributed by atoms with Gasteiger partial charge in [0.25, 0.3) is 0 Å². The second-order valence-electron chi connectivity index (χ2n) is 6.78. The third kappa shape index (κ3) is 7.94. The lowest BCUT2D eigenvalue weighted by Gasteiger charge is -2.38. The van der Waals surface area contributed by atoms with E-state index in [0.717, 1.165) is 38.6 Å². The first-order chi connectivity index (χ1) is 11.7. The number of piperidine rings is 1. The van der Waals surface area contributed by atoms with Crippen LogP contribution in [0.2, 0.25) is 0 Å². The second-order valence-corrected chi connectivity index (χ2v) is 6.78. The van der Waals surface area contributed by atoms with Gasteiger partial charge in [0.2, 0.25) is 0 Å². The zero-order valence-corrected chi connectivity index (χ0v) is 18.3. The molecule has 1 aliphatic rings. The van der Waals surface area contributed by atoms with Gasteiger partial charge in [0, 0.05) is 38.3 Å². The molecule has 1 fully saturated rings. The standard InChI is InChI=1S/C20H34N4.HI/c1-4-6-13-22-20(21-5-2)23-19-12-14-24(17(3)15-19)16-18-10-8-7-9-11-18;/h7-11,17,19H,4-6,12-16H2,1-3H3,(H2,21,22,23);1H. The minimum Gasteiger partial charge on any atom is -0.357 e. The van der Waals surface area contributed by atoms with E-state index in [1.54, 1.807) is 0 Å². The van der Waals surface area contributed by atoms with Crippen LogP contribution in [0.5, 0.6) is 0 Å². The van der Waals surface area contributed by atoms with Crippen molar-refractivity contribution in [1.29, 1.82) is 0 Å². The fourth-order valence-corrected chi connectivity index (χ4v) is 3.27. The highest BCUT2D eigenvalue weighted by Crippen LogP contribution is 2.19. The number of hydrogen-bond donors (Lipinski definition) is 2. The van der Waals surface area contributed by atoms with Gasteiger partial charge in [-0.3, -0.25) is 9.89 Å². The maximum atomic E-state index is 4.69. The molecule has 2 unspecified atom stereocenters. The first kappa shape index (κ1) is 22.2. The molecule has 0 saturated carbocycles. The number of hydrogen-bond acceptors (Lipinski definition) is 2. The number of rotatable bonds is 7. The summed E-state index contributed by atoms with van der Waals surface area (Å²) in [6, 6.07) is 11.9. The molecule has 142 valence electrons. The number of unbranched alkanes of at least 4 members (excludes halogenated alkanes) is 1. The highest BCUT2D eigenvalue weighted by molar-refractivity contribution is 14.0. The van der Waals surface area contributed by atoms with Gasteiger partial charge >= 0.3 is 0 Å². The molecule has 1 heterocycles. The summed E-state index contributed by atoms with van der Waals surface area (Å²) in [5, 5.41) is 7.02. The van der Waals surface area contributed by atoms with E-state index in [-0.39, 0.29) is 24.0 Å². The molecule has 0 aliphatic carbocycles. The van der Waals surface area contributed by atoms with Crippen molar-refractivity contribution in [1.82, 2.24) is 15.5 Å². The van der Waals surface area contributed by atoms with Crippen LogP contribution in [-0.2, 0) is 6.54 Å². The molecule has 0 bridgehead atoms. The molecule has 2 N–H and O–H groups in total. The summed E-state index contributed by atoms with van der Waals surface area (Å²) < 4.78 is 0. The molecule has 0 spiro atoms. The monoisotopic (exact) mass is 458 g/mol. The minimum atomic E-state index is 0. The van der Waals surface area contributed by atoms with Crippen LogP contribution in [0, 0.1) is 0 Å². The molecule has 0 aromatic heterocycles. The topological polar surface area (TPSA) is 39.7 Å². The van der Waals surface area contributed by atoms with Gasteiger partial charge in [0.1, 0.15) is 0 Å². The average molecular weight is 458 g/mol. The van der Waals surface area contributed by atoms with Gasteiger partial charge in [-0.2, -0.15) is 0 Å². The fraction of sp³-hybridized carbons (Fsp3) is 0.650.